The van der Waals surface area contributed by atoms with Crippen molar-refractivity contribution in [1.29, 1.82) is 5.26 Å². The molecule has 2 aromatic carbocycles. The molecule has 2 aromatic rings. The number of hydrogen-bond donors (Lipinski definition) is 0. The second kappa shape index (κ2) is 6.21. The molecule has 0 atom stereocenters. The molecule has 0 amide bonds. The Labute approximate surface area is 134 Å². The Morgan fingerprint density at radius 2 is 2.00 bits per heavy atom. The van der Waals surface area contributed by atoms with Crippen molar-refractivity contribution in [3.05, 3.63) is 63.7 Å². The lowest BCUT2D eigenvalue weighted by atomic mass is 10.0. The van der Waals surface area contributed by atoms with E-state index >= 15 is 0 Å². The van der Waals surface area contributed by atoms with Gasteiger partial charge in [-0.1, -0.05) is 23.7 Å². The van der Waals surface area contributed by atoms with E-state index in [1.54, 1.807) is 12.1 Å². The summed E-state index contributed by atoms with van der Waals surface area (Å²) in [7, 11) is 0. The minimum Gasteiger partial charge on any atom is -0.484 e. The zero-order valence-corrected chi connectivity index (χ0v) is 12.7. The number of carbonyl (C=O) groups is 1. The molecule has 0 fully saturated rings. The highest BCUT2D eigenvalue weighted by atomic mass is 35.5. The summed E-state index contributed by atoms with van der Waals surface area (Å²) in [6, 6.07) is 12.6. The molecule has 0 bridgehead atoms. The number of nitriles is 1. The molecule has 110 valence electrons. The Kier molecular flexibility index (Phi) is 4.13. The molecule has 0 heterocycles. The number of rotatable bonds is 4. The lowest BCUT2D eigenvalue weighted by molar-refractivity contribution is 0.0921. The van der Waals surface area contributed by atoms with Crippen LogP contribution in [0.25, 0.3) is 0 Å². The average molecular weight is 312 g/mol. The number of carbonyl (C=O) groups excluding carboxylic acids is 1. The Morgan fingerprint density at radius 3 is 2.77 bits per heavy atom. The molecule has 0 aromatic heterocycles. The lowest BCUT2D eigenvalue weighted by Gasteiger charge is -2.08. The van der Waals surface area contributed by atoms with Crippen molar-refractivity contribution in [3.8, 4) is 11.8 Å². The van der Waals surface area contributed by atoms with Crippen LogP contribution < -0.4 is 4.74 Å². The van der Waals surface area contributed by atoms with Gasteiger partial charge in [0.05, 0.1) is 16.7 Å². The van der Waals surface area contributed by atoms with Crippen molar-refractivity contribution in [2.45, 2.75) is 19.3 Å². The zero-order chi connectivity index (χ0) is 15.5. The molecule has 0 saturated heterocycles. The van der Waals surface area contributed by atoms with Crippen LogP contribution in [0.15, 0.2) is 36.4 Å². The summed E-state index contributed by atoms with van der Waals surface area (Å²) in [5.41, 5.74) is 3.74. The number of benzene rings is 2. The van der Waals surface area contributed by atoms with Crippen molar-refractivity contribution in [2.75, 3.05) is 6.61 Å². The lowest BCUT2D eigenvalue weighted by Crippen LogP contribution is -2.12. The van der Waals surface area contributed by atoms with Gasteiger partial charge in [0.2, 0.25) is 0 Å². The Bertz CT molecular complexity index is 777. The highest BCUT2D eigenvalue weighted by Crippen LogP contribution is 2.26. The molecule has 22 heavy (non-hydrogen) atoms. The fraction of sp³-hybridized carbons (Fsp3) is 0.222. The van der Waals surface area contributed by atoms with Crippen molar-refractivity contribution >= 4 is 17.4 Å². The van der Waals surface area contributed by atoms with E-state index in [2.05, 4.69) is 0 Å². The van der Waals surface area contributed by atoms with E-state index in [9.17, 15) is 4.79 Å². The van der Waals surface area contributed by atoms with Crippen LogP contribution in [0.2, 0.25) is 5.02 Å². The number of fused-ring (bicyclic) bond motifs is 1. The minimum atomic E-state index is -0.0740. The summed E-state index contributed by atoms with van der Waals surface area (Å²) in [5.74, 6) is 0.338. The summed E-state index contributed by atoms with van der Waals surface area (Å²) in [6.07, 6.45) is 3.30. The van der Waals surface area contributed by atoms with Crippen LogP contribution in [-0.4, -0.2) is 12.4 Å². The van der Waals surface area contributed by atoms with Crippen LogP contribution in [0.4, 0.5) is 0 Å². The van der Waals surface area contributed by atoms with Crippen molar-refractivity contribution in [3.63, 3.8) is 0 Å². The predicted molar refractivity (Wildman–Crippen MR) is 84.5 cm³/mol. The van der Waals surface area contributed by atoms with Crippen molar-refractivity contribution in [1.82, 2.24) is 0 Å². The summed E-state index contributed by atoms with van der Waals surface area (Å²) in [6.45, 7) is -0.0651. The molecular weight excluding hydrogens is 298 g/mol. The molecule has 1 aliphatic rings. The molecule has 3 rings (SSSR count). The maximum atomic E-state index is 12.2. The molecule has 0 N–H and O–H groups in total. The number of nitrogens with zero attached hydrogens (tertiary/aromatic N) is 1. The molecule has 3 nitrogen and oxygen atoms in total. The summed E-state index contributed by atoms with van der Waals surface area (Å²) in [5, 5.41) is 9.13. The smallest absolute Gasteiger partial charge is 0.200 e. The Balaban J connectivity index is 1.69. The van der Waals surface area contributed by atoms with Crippen LogP contribution in [0.3, 0.4) is 0 Å². The van der Waals surface area contributed by atoms with Crippen molar-refractivity contribution in [2.24, 2.45) is 0 Å². The molecule has 0 saturated carbocycles. The van der Waals surface area contributed by atoms with E-state index in [0.717, 1.165) is 19.3 Å². The first-order chi connectivity index (χ1) is 10.7. The molecule has 0 unspecified atom stereocenters. The first-order valence-corrected chi connectivity index (χ1v) is 7.52. The van der Waals surface area contributed by atoms with Gasteiger partial charge in [0.1, 0.15) is 5.75 Å². The van der Waals surface area contributed by atoms with Crippen molar-refractivity contribution < 1.29 is 9.53 Å². The molecule has 0 radical (unpaired) electrons. The van der Waals surface area contributed by atoms with Gasteiger partial charge < -0.3 is 4.74 Å². The van der Waals surface area contributed by atoms with Gasteiger partial charge in [0.15, 0.2) is 12.4 Å². The fourth-order valence-electron chi connectivity index (χ4n) is 2.66. The van der Waals surface area contributed by atoms with Gasteiger partial charge >= 0.3 is 0 Å². The van der Waals surface area contributed by atoms with Crippen LogP contribution in [0.5, 0.6) is 5.75 Å². The second-order valence-corrected chi connectivity index (χ2v) is 5.71. The number of Topliss-reactive ketones (excluding diaryl/α,β-unsaturated/α-hetero) is 1. The van der Waals surface area contributed by atoms with Gasteiger partial charge in [-0.05, 0) is 54.7 Å². The first kappa shape index (κ1) is 14.6. The number of ether oxygens (including phenoxy) is 1. The molecular formula is C18H14ClNO2. The van der Waals surface area contributed by atoms with E-state index in [1.165, 1.54) is 17.2 Å². The van der Waals surface area contributed by atoms with Crippen LogP contribution >= 0.6 is 11.6 Å². The normalized spacial score (nSPS) is 12.5. The van der Waals surface area contributed by atoms with Crippen LogP contribution in [-0.2, 0) is 12.8 Å². The highest BCUT2D eigenvalue weighted by Gasteiger charge is 2.14. The third-order valence-corrected chi connectivity index (χ3v) is 4.14. The second-order valence-electron chi connectivity index (χ2n) is 5.31. The van der Waals surface area contributed by atoms with Gasteiger partial charge in [-0.3, -0.25) is 4.79 Å². The number of aryl methyl sites for hydroxylation is 2. The third-order valence-electron chi connectivity index (χ3n) is 3.84. The molecule has 1 aliphatic carbocycles. The summed E-state index contributed by atoms with van der Waals surface area (Å²) in [4.78, 5) is 12.2. The quantitative estimate of drug-likeness (QED) is 0.803. The fourth-order valence-corrected chi connectivity index (χ4v) is 2.89. The number of halogens is 1. The van der Waals surface area contributed by atoms with Crippen LogP contribution in [0, 0.1) is 11.3 Å². The number of hydrogen-bond acceptors (Lipinski definition) is 3. The predicted octanol–water partition coefficient (Wildman–Crippen LogP) is 3.96. The number of ketones is 1. The SMILES string of the molecule is N#Cc1ccc(OCC(=O)c2ccc3c(c2)CCC3)c(Cl)c1. The summed E-state index contributed by atoms with van der Waals surface area (Å²) < 4.78 is 5.48. The first-order valence-electron chi connectivity index (χ1n) is 7.15. The van der Waals surface area contributed by atoms with Gasteiger partial charge in [-0.2, -0.15) is 5.26 Å². The van der Waals surface area contributed by atoms with Gasteiger partial charge in [-0.25, -0.2) is 0 Å². The third kappa shape index (κ3) is 2.98. The maximum absolute atomic E-state index is 12.2. The van der Waals surface area contributed by atoms with E-state index in [4.69, 9.17) is 21.6 Å². The zero-order valence-electron chi connectivity index (χ0n) is 11.9. The van der Waals surface area contributed by atoms with Crippen LogP contribution in [0.1, 0.15) is 33.5 Å². The largest absolute Gasteiger partial charge is 0.484 e. The Morgan fingerprint density at radius 1 is 1.18 bits per heavy atom. The topological polar surface area (TPSA) is 50.1 Å². The van der Waals surface area contributed by atoms with E-state index < -0.39 is 0 Å². The van der Waals surface area contributed by atoms with Gasteiger partial charge in [0, 0.05) is 5.56 Å². The molecule has 0 aliphatic heterocycles. The standard InChI is InChI=1S/C18H14ClNO2/c19-16-8-12(10-20)4-7-18(16)22-11-17(21)15-6-5-13-2-1-3-14(13)9-15/h4-9H,1-3,11H2. The minimum absolute atomic E-state index is 0.0651. The highest BCUT2D eigenvalue weighted by molar-refractivity contribution is 6.32. The molecule has 4 heteroatoms. The summed E-state index contributed by atoms with van der Waals surface area (Å²) >= 11 is 6.03. The maximum Gasteiger partial charge on any atom is 0.200 e. The van der Waals surface area contributed by atoms with E-state index in [-0.39, 0.29) is 12.4 Å². The monoisotopic (exact) mass is 311 g/mol. The van der Waals surface area contributed by atoms with E-state index in [0.29, 0.717) is 21.9 Å². The average Bonchev–Trinajstić information content (AvgIpc) is 3.00. The van der Waals surface area contributed by atoms with Gasteiger partial charge in [0.25, 0.3) is 0 Å². The Hall–Kier alpha value is -2.31. The molecule has 0 spiro atoms. The van der Waals surface area contributed by atoms with Gasteiger partial charge in [-0.15, -0.1) is 0 Å². The van der Waals surface area contributed by atoms with E-state index in [1.807, 2.05) is 24.3 Å².